The molecule has 0 bridgehead atoms. The molecule has 0 aliphatic carbocycles. The summed E-state index contributed by atoms with van der Waals surface area (Å²) in [5, 5.41) is 14.5. The van der Waals surface area contributed by atoms with E-state index in [-0.39, 0.29) is 6.03 Å². The molecule has 25 heavy (non-hydrogen) atoms. The van der Waals surface area contributed by atoms with Crippen molar-refractivity contribution in [2.75, 3.05) is 23.3 Å². The van der Waals surface area contributed by atoms with E-state index in [0.29, 0.717) is 17.8 Å². The molecule has 0 radical (unpaired) electrons. The van der Waals surface area contributed by atoms with E-state index in [0.717, 1.165) is 24.5 Å². The van der Waals surface area contributed by atoms with Crippen LogP contribution in [0.25, 0.3) is 0 Å². The molecule has 1 aromatic carbocycles. The topological polar surface area (TPSA) is 81.0 Å². The Kier molecular flexibility index (Phi) is 5.47. The van der Waals surface area contributed by atoms with Gasteiger partial charge in [-0.25, -0.2) is 9.78 Å². The minimum absolute atomic E-state index is 0.302. The number of nitriles is 1. The number of piperidine rings is 1. The molecule has 0 saturated carbocycles. The summed E-state index contributed by atoms with van der Waals surface area (Å²) in [6.45, 7) is 2.43. The van der Waals surface area contributed by atoms with Crippen LogP contribution in [0.2, 0.25) is 0 Å². The summed E-state index contributed by atoms with van der Waals surface area (Å²) in [7, 11) is 0. The molecule has 2 amide bonds. The van der Waals surface area contributed by atoms with Crippen molar-refractivity contribution >= 4 is 17.5 Å². The average molecular weight is 335 g/mol. The first-order valence-electron chi connectivity index (χ1n) is 8.50. The van der Waals surface area contributed by atoms with E-state index in [4.69, 9.17) is 5.26 Å². The highest BCUT2D eigenvalue weighted by molar-refractivity contribution is 5.89. The normalized spacial score (nSPS) is 13.8. The maximum absolute atomic E-state index is 12.1. The molecule has 0 atom stereocenters. The van der Waals surface area contributed by atoms with Gasteiger partial charge in [0.25, 0.3) is 0 Å². The van der Waals surface area contributed by atoms with Gasteiger partial charge in [-0.05, 0) is 43.5 Å². The fourth-order valence-corrected chi connectivity index (χ4v) is 2.98. The second-order valence-electron chi connectivity index (χ2n) is 6.03. The summed E-state index contributed by atoms with van der Waals surface area (Å²) >= 11 is 0. The second-order valence-corrected chi connectivity index (χ2v) is 6.03. The van der Waals surface area contributed by atoms with E-state index in [1.54, 1.807) is 30.5 Å². The molecule has 1 aliphatic heterocycles. The number of amides is 2. The molecule has 0 unspecified atom stereocenters. The number of hydrogen-bond donors (Lipinski definition) is 2. The van der Waals surface area contributed by atoms with E-state index >= 15 is 0 Å². The molecule has 1 saturated heterocycles. The van der Waals surface area contributed by atoms with Crippen LogP contribution >= 0.6 is 0 Å². The summed E-state index contributed by atoms with van der Waals surface area (Å²) in [6.07, 6.45) is 5.42. The Morgan fingerprint density at radius 3 is 2.84 bits per heavy atom. The molecule has 1 aromatic heterocycles. The van der Waals surface area contributed by atoms with Crippen LogP contribution < -0.4 is 15.5 Å². The Labute approximate surface area is 147 Å². The number of pyridine rings is 1. The van der Waals surface area contributed by atoms with Crippen molar-refractivity contribution in [3.63, 3.8) is 0 Å². The summed E-state index contributed by atoms with van der Waals surface area (Å²) in [5.74, 6) is 0.953. The maximum Gasteiger partial charge on any atom is 0.319 e. The van der Waals surface area contributed by atoms with Crippen molar-refractivity contribution < 1.29 is 4.79 Å². The molecular weight excluding hydrogens is 314 g/mol. The quantitative estimate of drug-likeness (QED) is 0.898. The Hall–Kier alpha value is -3.07. The zero-order chi connectivity index (χ0) is 17.5. The molecule has 2 heterocycles. The predicted octanol–water partition coefficient (Wildman–Crippen LogP) is 3.27. The lowest BCUT2D eigenvalue weighted by Gasteiger charge is -2.29. The van der Waals surface area contributed by atoms with Crippen molar-refractivity contribution in [2.24, 2.45) is 0 Å². The van der Waals surface area contributed by atoms with E-state index in [1.165, 1.54) is 19.3 Å². The average Bonchev–Trinajstić information content (AvgIpc) is 2.67. The molecular formula is C19H21N5O. The van der Waals surface area contributed by atoms with Gasteiger partial charge in [-0.3, -0.25) is 0 Å². The van der Waals surface area contributed by atoms with Gasteiger partial charge in [0.15, 0.2) is 0 Å². The third-order valence-electron chi connectivity index (χ3n) is 4.21. The van der Waals surface area contributed by atoms with Crippen LogP contribution in [0, 0.1) is 11.3 Å². The number of anilines is 2. The molecule has 0 spiro atoms. The van der Waals surface area contributed by atoms with Crippen molar-refractivity contribution in [2.45, 2.75) is 25.8 Å². The Balaban J connectivity index is 1.61. The highest BCUT2D eigenvalue weighted by atomic mass is 16.2. The van der Waals surface area contributed by atoms with Gasteiger partial charge in [-0.1, -0.05) is 12.1 Å². The van der Waals surface area contributed by atoms with Crippen molar-refractivity contribution in [1.29, 1.82) is 5.26 Å². The number of benzene rings is 1. The third kappa shape index (κ3) is 4.48. The lowest BCUT2D eigenvalue weighted by molar-refractivity contribution is 0.251. The van der Waals surface area contributed by atoms with Crippen LogP contribution in [0.4, 0.5) is 16.3 Å². The number of carbonyl (C=O) groups is 1. The summed E-state index contributed by atoms with van der Waals surface area (Å²) < 4.78 is 0. The van der Waals surface area contributed by atoms with Gasteiger partial charge in [0.05, 0.1) is 11.6 Å². The van der Waals surface area contributed by atoms with Crippen molar-refractivity contribution in [3.8, 4) is 6.07 Å². The maximum atomic E-state index is 12.1. The molecule has 1 fully saturated rings. The number of carbonyl (C=O) groups excluding carboxylic acids is 1. The molecule has 2 aromatic rings. The smallest absolute Gasteiger partial charge is 0.319 e. The largest absolute Gasteiger partial charge is 0.356 e. The number of rotatable bonds is 4. The number of nitrogens with zero attached hydrogens (tertiary/aromatic N) is 3. The Morgan fingerprint density at radius 1 is 1.20 bits per heavy atom. The van der Waals surface area contributed by atoms with Gasteiger partial charge in [0.2, 0.25) is 0 Å². The van der Waals surface area contributed by atoms with E-state index in [9.17, 15) is 4.79 Å². The predicted molar refractivity (Wildman–Crippen MR) is 97.3 cm³/mol. The minimum Gasteiger partial charge on any atom is -0.356 e. The summed E-state index contributed by atoms with van der Waals surface area (Å²) in [4.78, 5) is 18.9. The Morgan fingerprint density at radius 2 is 2.04 bits per heavy atom. The van der Waals surface area contributed by atoms with Gasteiger partial charge < -0.3 is 15.5 Å². The fourth-order valence-electron chi connectivity index (χ4n) is 2.98. The van der Waals surface area contributed by atoms with Crippen LogP contribution in [0.15, 0.2) is 42.6 Å². The molecule has 2 N–H and O–H groups in total. The fraction of sp³-hybridized carbons (Fsp3) is 0.316. The van der Waals surface area contributed by atoms with E-state index in [1.807, 2.05) is 12.1 Å². The first-order valence-corrected chi connectivity index (χ1v) is 8.50. The number of hydrogen-bond acceptors (Lipinski definition) is 4. The zero-order valence-corrected chi connectivity index (χ0v) is 14.0. The van der Waals surface area contributed by atoms with E-state index in [2.05, 4.69) is 26.6 Å². The number of nitrogens with one attached hydrogen (secondary N) is 2. The highest BCUT2D eigenvalue weighted by Gasteiger charge is 2.15. The van der Waals surface area contributed by atoms with Gasteiger partial charge in [-0.2, -0.15) is 5.26 Å². The Bertz CT molecular complexity index is 777. The van der Waals surface area contributed by atoms with Gasteiger partial charge >= 0.3 is 6.03 Å². The van der Waals surface area contributed by atoms with E-state index < -0.39 is 0 Å². The van der Waals surface area contributed by atoms with Crippen LogP contribution in [-0.4, -0.2) is 24.1 Å². The van der Waals surface area contributed by atoms with Gasteiger partial charge in [0, 0.05) is 37.1 Å². The lowest BCUT2D eigenvalue weighted by Crippen LogP contribution is -2.33. The summed E-state index contributed by atoms with van der Waals surface area (Å²) in [6, 6.07) is 12.5. The van der Waals surface area contributed by atoms with Crippen LogP contribution in [0.5, 0.6) is 0 Å². The molecule has 1 aliphatic rings. The number of aromatic nitrogens is 1. The first-order chi connectivity index (χ1) is 12.3. The van der Waals surface area contributed by atoms with Crippen molar-refractivity contribution in [3.05, 3.63) is 53.7 Å². The SMILES string of the molecule is N#Cc1cccc(NC(=O)NCc2cccnc2N2CCCCC2)c1. The molecule has 6 nitrogen and oxygen atoms in total. The standard InChI is InChI=1S/C19H21N5O/c20-13-15-6-4-8-17(12-15)23-19(25)22-14-16-7-5-9-21-18(16)24-10-2-1-3-11-24/h4-9,12H,1-3,10-11,14H2,(H2,22,23,25). The number of urea groups is 1. The monoisotopic (exact) mass is 335 g/mol. The minimum atomic E-state index is -0.302. The van der Waals surface area contributed by atoms with Crippen LogP contribution in [0.3, 0.4) is 0 Å². The first kappa shape index (κ1) is 16.8. The third-order valence-corrected chi connectivity index (χ3v) is 4.21. The summed E-state index contributed by atoms with van der Waals surface area (Å²) in [5.41, 5.74) is 2.11. The highest BCUT2D eigenvalue weighted by Crippen LogP contribution is 2.21. The molecule has 6 heteroatoms. The molecule has 128 valence electrons. The second kappa shape index (κ2) is 8.15. The van der Waals surface area contributed by atoms with Crippen molar-refractivity contribution in [1.82, 2.24) is 10.3 Å². The van der Waals surface area contributed by atoms with Gasteiger partial charge in [0.1, 0.15) is 5.82 Å². The molecule has 3 rings (SSSR count). The zero-order valence-electron chi connectivity index (χ0n) is 14.0. The van der Waals surface area contributed by atoms with Gasteiger partial charge in [-0.15, -0.1) is 0 Å². The lowest BCUT2D eigenvalue weighted by atomic mass is 10.1. The van der Waals surface area contributed by atoms with Crippen LogP contribution in [0.1, 0.15) is 30.4 Å². The van der Waals surface area contributed by atoms with Crippen LogP contribution in [-0.2, 0) is 6.54 Å².